The van der Waals surface area contributed by atoms with Crippen LogP contribution in [0.1, 0.15) is 6.42 Å². The summed E-state index contributed by atoms with van der Waals surface area (Å²) in [6.07, 6.45) is -0.212. The van der Waals surface area contributed by atoms with E-state index in [-0.39, 0.29) is 47.6 Å². The molecule has 0 spiro atoms. The summed E-state index contributed by atoms with van der Waals surface area (Å²) in [5.41, 5.74) is 0. The Labute approximate surface area is 130 Å². The van der Waals surface area contributed by atoms with Crippen molar-refractivity contribution in [2.45, 2.75) is 6.42 Å². The number of aliphatic carboxylic acids is 1. The molecule has 1 aromatic carbocycles. The summed E-state index contributed by atoms with van der Waals surface area (Å²) in [5.74, 6) is -0.890. The Kier molecular flexibility index (Phi) is 7.81. The van der Waals surface area contributed by atoms with Crippen LogP contribution in [0.3, 0.4) is 0 Å². The maximum absolute atomic E-state index is 10.1. The number of carboxylic acid groups (broad SMARTS) is 1. The number of carboxylic acids is 1. The van der Waals surface area contributed by atoms with E-state index in [2.05, 4.69) is 0 Å². The predicted octanol–water partition coefficient (Wildman–Crippen LogP) is -0.830. The van der Waals surface area contributed by atoms with E-state index in [0.717, 1.165) is 0 Å². The van der Waals surface area contributed by atoms with Crippen molar-refractivity contribution in [3.8, 4) is 5.75 Å². The molecule has 16 heavy (non-hydrogen) atoms. The van der Waals surface area contributed by atoms with Gasteiger partial charge in [-0.25, -0.2) is 0 Å². The molecule has 0 fully saturated rings. The summed E-state index contributed by atoms with van der Waals surface area (Å²) in [7, 11) is 0. The summed E-state index contributed by atoms with van der Waals surface area (Å²) in [6, 6.07) is 2.86. The summed E-state index contributed by atoms with van der Waals surface area (Å²) in [6.45, 7) is -0.0278. The zero-order valence-electron chi connectivity index (χ0n) is 8.43. The van der Waals surface area contributed by atoms with E-state index in [1.54, 1.807) is 0 Å². The van der Waals surface area contributed by atoms with Crippen molar-refractivity contribution < 1.29 is 44.2 Å². The molecule has 0 radical (unpaired) electrons. The van der Waals surface area contributed by atoms with Gasteiger partial charge in [-0.15, -0.1) is 0 Å². The van der Waals surface area contributed by atoms with Crippen molar-refractivity contribution in [3.63, 3.8) is 0 Å². The molecule has 0 N–H and O–H groups in total. The fraction of sp³-hybridized carbons (Fsp3) is 0.222. The van der Waals surface area contributed by atoms with Crippen LogP contribution in [-0.2, 0) is 4.79 Å². The fourth-order valence-electron chi connectivity index (χ4n) is 0.859. The fourth-order valence-corrected chi connectivity index (χ4v) is 1.45. The van der Waals surface area contributed by atoms with Gasteiger partial charge in [-0.3, -0.25) is 0 Å². The predicted molar refractivity (Wildman–Crippen MR) is 56.6 cm³/mol. The topological polar surface area (TPSA) is 49.4 Å². The second kappa shape index (κ2) is 7.64. The van der Waals surface area contributed by atoms with Crippen LogP contribution < -0.4 is 39.4 Å². The summed E-state index contributed by atoms with van der Waals surface area (Å²) >= 11 is 17.2. The van der Waals surface area contributed by atoms with E-state index in [1.807, 2.05) is 0 Å². The minimum atomic E-state index is -1.19. The van der Waals surface area contributed by atoms with Crippen LogP contribution in [-0.4, -0.2) is 12.6 Å². The molecular weight excluding hydrogens is 285 g/mol. The number of benzene rings is 1. The van der Waals surface area contributed by atoms with Crippen LogP contribution in [0.2, 0.25) is 15.1 Å². The third kappa shape index (κ3) is 5.13. The van der Waals surface area contributed by atoms with Gasteiger partial charge in [-0.05, 0) is 6.07 Å². The number of carbonyl (C=O) groups excluding carboxylic acids is 1. The molecule has 0 saturated carbocycles. The first-order valence-electron chi connectivity index (χ1n) is 3.98. The maximum Gasteiger partial charge on any atom is 1.00 e. The second-order valence-electron chi connectivity index (χ2n) is 2.67. The largest absolute Gasteiger partial charge is 1.00 e. The van der Waals surface area contributed by atoms with Crippen LogP contribution in [0.15, 0.2) is 12.1 Å². The number of halogens is 3. The van der Waals surface area contributed by atoms with Gasteiger partial charge in [-0.1, -0.05) is 34.8 Å². The minimum Gasteiger partial charge on any atom is -0.550 e. The molecule has 0 aliphatic carbocycles. The standard InChI is InChI=1S/C9H7Cl3O3.Na/c10-5-3-7(12)8(4-6(5)11)15-2-1-9(13)14;/h3-4H,1-2H2,(H,13,14);/q;+1/p-1. The first-order chi connectivity index (χ1) is 7.00. The van der Waals surface area contributed by atoms with Crippen molar-refractivity contribution in [1.82, 2.24) is 0 Å². The van der Waals surface area contributed by atoms with E-state index in [9.17, 15) is 9.90 Å². The van der Waals surface area contributed by atoms with Crippen LogP contribution in [0, 0.1) is 0 Å². The van der Waals surface area contributed by atoms with Crippen LogP contribution in [0.5, 0.6) is 5.75 Å². The summed E-state index contributed by atoms with van der Waals surface area (Å²) < 4.78 is 5.09. The van der Waals surface area contributed by atoms with Crippen molar-refractivity contribution >= 4 is 40.8 Å². The van der Waals surface area contributed by atoms with Gasteiger partial charge in [0.1, 0.15) is 5.75 Å². The molecule has 0 aliphatic rings. The third-order valence-corrected chi connectivity index (χ3v) is 2.56. The molecule has 0 saturated heterocycles. The van der Waals surface area contributed by atoms with Crippen molar-refractivity contribution in [1.29, 1.82) is 0 Å². The van der Waals surface area contributed by atoms with Gasteiger partial charge in [0.15, 0.2) is 0 Å². The van der Waals surface area contributed by atoms with Crippen molar-refractivity contribution in [2.24, 2.45) is 0 Å². The number of rotatable bonds is 4. The number of hydrogen-bond donors (Lipinski definition) is 0. The Balaban J connectivity index is 0.00000225. The van der Waals surface area contributed by atoms with Gasteiger partial charge < -0.3 is 14.6 Å². The SMILES string of the molecule is O=C([O-])CCOc1cc(Cl)c(Cl)cc1Cl.[Na+]. The Morgan fingerprint density at radius 2 is 1.75 bits per heavy atom. The van der Waals surface area contributed by atoms with Crippen molar-refractivity contribution in [3.05, 3.63) is 27.2 Å². The zero-order chi connectivity index (χ0) is 11.4. The summed E-state index contributed by atoms with van der Waals surface area (Å²) in [5, 5.41) is 11.0. The van der Waals surface area contributed by atoms with Gasteiger partial charge >= 0.3 is 29.6 Å². The molecule has 0 unspecified atom stereocenters. The van der Waals surface area contributed by atoms with Gasteiger partial charge in [0.05, 0.1) is 21.7 Å². The molecular formula is C9H6Cl3NaO3. The number of ether oxygens (including phenoxy) is 1. The zero-order valence-corrected chi connectivity index (χ0v) is 12.7. The van der Waals surface area contributed by atoms with E-state index in [0.29, 0.717) is 15.8 Å². The smallest absolute Gasteiger partial charge is 0.550 e. The number of carbonyl (C=O) groups is 1. The van der Waals surface area contributed by atoms with Gasteiger partial charge in [-0.2, -0.15) is 0 Å². The van der Waals surface area contributed by atoms with Crippen LogP contribution in [0.25, 0.3) is 0 Å². The van der Waals surface area contributed by atoms with E-state index in [4.69, 9.17) is 39.5 Å². The van der Waals surface area contributed by atoms with Gasteiger partial charge in [0.2, 0.25) is 0 Å². The molecule has 3 nitrogen and oxygen atoms in total. The summed E-state index contributed by atoms with van der Waals surface area (Å²) in [4.78, 5) is 10.1. The first kappa shape index (κ1) is 16.4. The quantitative estimate of drug-likeness (QED) is 0.537. The molecule has 1 rings (SSSR count). The number of hydrogen-bond acceptors (Lipinski definition) is 3. The Morgan fingerprint density at radius 1 is 1.19 bits per heavy atom. The van der Waals surface area contributed by atoms with Crippen LogP contribution in [0.4, 0.5) is 0 Å². The maximum atomic E-state index is 10.1. The second-order valence-corrected chi connectivity index (χ2v) is 3.89. The van der Waals surface area contributed by atoms with Crippen molar-refractivity contribution in [2.75, 3.05) is 6.61 Å². The molecule has 1 aromatic rings. The van der Waals surface area contributed by atoms with E-state index < -0.39 is 5.97 Å². The van der Waals surface area contributed by atoms with E-state index in [1.165, 1.54) is 12.1 Å². The Hall–Kier alpha value is 0.360. The monoisotopic (exact) mass is 290 g/mol. The molecule has 0 bridgehead atoms. The minimum absolute atomic E-state index is 0. The average Bonchev–Trinajstić information content (AvgIpc) is 2.13. The molecule has 0 atom stereocenters. The van der Waals surface area contributed by atoms with Gasteiger partial charge in [0.25, 0.3) is 0 Å². The molecule has 0 heterocycles. The normalized spacial score (nSPS) is 9.44. The molecule has 82 valence electrons. The Bertz CT molecular complexity index is 385. The molecule has 7 heteroatoms. The molecule has 0 amide bonds. The van der Waals surface area contributed by atoms with Crippen LogP contribution >= 0.6 is 34.8 Å². The average molecular weight is 291 g/mol. The molecule has 0 aromatic heterocycles. The Morgan fingerprint density at radius 3 is 2.31 bits per heavy atom. The first-order valence-corrected chi connectivity index (χ1v) is 5.11. The third-order valence-electron chi connectivity index (χ3n) is 1.54. The molecule has 0 aliphatic heterocycles. The van der Waals surface area contributed by atoms with E-state index >= 15 is 0 Å². The van der Waals surface area contributed by atoms with Gasteiger partial charge in [0, 0.05) is 18.5 Å².